The van der Waals surface area contributed by atoms with Crippen molar-refractivity contribution in [2.75, 3.05) is 18.4 Å². The number of aromatic nitrogens is 2. The molecular weight excluding hydrogens is 340 g/mol. The van der Waals surface area contributed by atoms with Crippen LogP contribution in [0.5, 0.6) is 0 Å². The molecule has 0 bridgehead atoms. The highest BCUT2D eigenvalue weighted by Crippen LogP contribution is 2.39. The van der Waals surface area contributed by atoms with Crippen LogP contribution in [0.3, 0.4) is 0 Å². The summed E-state index contributed by atoms with van der Waals surface area (Å²) in [5, 5.41) is 12.4. The predicted octanol–water partition coefficient (Wildman–Crippen LogP) is 3.81. The summed E-state index contributed by atoms with van der Waals surface area (Å²) in [5.74, 6) is 0.128. The van der Waals surface area contributed by atoms with E-state index in [0.717, 1.165) is 15.0 Å². The van der Waals surface area contributed by atoms with Crippen LogP contribution in [0.4, 0.5) is 5.13 Å². The number of carbonyl (C=O) groups is 1. The maximum Gasteiger partial charge on any atom is 0.240 e. The van der Waals surface area contributed by atoms with E-state index < -0.39 is 0 Å². The van der Waals surface area contributed by atoms with Gasteiger partial charge in [-0.25, -0.2) is 0 Å². The number of thioether (sulfide) groups is 1. The van der Waals surface area contributed by atoms with E-state index in [-0.39, 0.29) is 11.2 Å². The van der Waals surface area contributed by atoms with Crippen LogP contribution in [0.15, 0.2) is 34.7 Å². The minimum atomic E-state index is -0.284. The number of anilines is 1. The molecule has 1 aliphatic rings. The van der Waals surface area contributed by atoms with E-state index in [4.69, 9.17) is 0 Å². The van der Waals surface area contributed by atoms with Gasteiger partial charge in [-0.05, 0) is 32.3 Å². The summed E-state index contributed by atoms with van der Waals surface area (Å²) in [6, 6.07) is 10.5. The van der Waals surface area contributed by atoms with Crippen molar-refractivity contribution in [2.45, 2.75) is 42.3 Å². The lowest BCUT2D eigenvalue weighted by molar-refractivity contribution is -0.130. The van der Waals surface area contributed by atoms with Crippen LogP contribution in [0.25, 0.3) is 0 Å². The molecule has 1 amide bonds. The minimum Gasteiger partial charge on any atom is -0.357 e. The number of rotatable bonds is 8. The summed E-state index contributed by atoms with van der Waals surface area (Å²) < 4.78 is 0.826. The van der Waals surface area contributed by atoms with E-state index in [1.54, 1.807) is 0 Å². The van der Waals surface area contributed by atoms with E-state index in [1.165, 1.54) is 35.9 Å². The third-order valence-corrected chi connectivity index (χ3v) is 6.11. The van der Waals surface area contributed by atoms with E-state index in [2.05, 4.69) is 15.5 Å². The zero-order valence-electron chi connectivity index (χ0n) is 13.9. The average Bonchev–Trinajstić information content (AvgIpc) is 3.31. The van der Waals surface area contributed by atoms with Gasteiger partial charge >= 0.3 is 0 Å². The van der Waals surface area contributed by atoms with Gasteiger partial charge in [0.1, 0.15) is 5.25 Å². The van der Waals surface area contributed by atoms with Crippen molar-refractivity contribution in [3.8, 4) is 0 Å². The van der Waals surface area contributed by atoms with Crippen LogP contribution < -0.4 is 5.32 Å². The van der Waals surface area contributed by atoms with Crippen LogP contribution in [0.1, 0.15) is 37.5 Å². The van der Waals surface area contributed by atoms with Gasteiger partial charge in [0.15, 0.2) is 4.34 Å². The van der Waals surface area contributed by atoms with Crippen LogP contribution in [-0.2, 0) is 4.79 Å². The van der Waals surface area contributed by atoms with Crippen molar-refractivity contribution in [1.82, 2.24) is 15.1 Å². The van der Waals surface area contributed by atoms with Gasteiger partial charge in [0.2, 0.25) is 11.0 Å². The van der Waals surface area contributed by atoms with Gasteiger partial charge in [-0.15, -0.1) is 10.2 Å². The van der Waals surface area contributed by atoms with Gasteiger partial charge < -0.3 is 10.2 Å². The minimum absolute atomic E-state index is 0.128. The second kappa shape index (κ2) is 7.98. The fraction of sp³-hybridized carbons (Fsp3) is 0.471. The molecule has 1 unspecified atom stereocenters. The molecule has 1 heterocycles. The molecule has 128 valence electrons. The normalized spacial score (nSPS) is 15.1. The third kappa shape index (κ3) is 4.27. The lowest BCUT2D eigenvalue weighted by atomic mass is 10.1. The molecule has 1 fully saturated rings. The number of nitrogens with one attached hydrogen (secondary N) is 1. The van der Waals surface area contributed by atoms with Crippen molar-refractivity contribution in [2.24, 2.45) is 0 Å². The fourth-order valence-corrected chi connectivity index (χ4v) is 4.51. The molecule has 3 rings (SSSR count). The summed E-state index contributed by atoms with van der Waals surface area (Å²) in [4.78, 5) is 14.8. The van der Waals surface area contributed by atoms with Crippen molar-refractivity contribution in [1.29, 1.82) is 0 Å². The molecule has 2 aromatic rings. The van der Waals surface area contributed by atoms with Crippen molar-refractivity contribution in [3.05, 3.63) is 35.9 Å². The summed E-state index contributed by atoms with van der Waals surface area (Å²) in [5.41, 5.74) is 1.01. The number of benzene rings is 1. The molecule has 0 aliphatic heterocycles. The van der Waals surface area contributed by atoms with Gasteiger partial charge in [0.05, 0.1) is 0 Å². The van der Waals surface area contributed by atoms with Gasteiger partial charge in [-0.3, -0.25) is 4.79 Å². The summed E-state index contributed by atoms with van der Waals surface area (Å²) in [6.07, 6.45) is 2.41. The summed E-state index contributed by atoms with van der Waals surface area (Å²) in [6.45, 7) is 5.45. The second-order valence-corrected chi connectivity index (χ2v) is 8.04. The molecule has 7 heteroatoms. The maximum atomic E-state index is 13.0. The molecule has 5 nitrogen and oxygen atoms in total. The first-order chi connectivity index (χ1) is 11.7. The molecule has 1 aromatic carbocycles. The molecule has 1 saturated carbocycles. The molecule has 1 atom stereocenters. The van der Waals surface area contributed by atoms with Crippen molar-refractivity contribution < 1.29 is 4.79 Å². The molecule has 0 saturated heterocycles. The van der Waals surface area contributed by atoms with Crippen molar-refractivity contribution in [3.63, 3.8) is 0 Å². The third-order valence-electron chi connectivity index (χ3n) is 3.93. The first kappa shape index (κ1) is 17.2. The number of nitrogens with zero attached hydrogens (tertiary/aromatic N) is 3. The number of amides is 1. The number of hydrogen-bond donors (Lipinski definition) is 1. The van der Waals surface area contributed by atoms with Gasteiger partial charge in [-0.2, -0.15) is 0 Å². The number of carbonyl (C=O) groups excluding carboxylic acids is 1. The molecule has 0 radical (unpaired) electrons. The summed E-state index contributed by atoms with van der Waals surface area (Å²) >= 11 is 3.02. The molecule has 0 spiro atoms. The largest absolute Gasteiger partial charge is 0.357 e. The zero-order chi connectivity index (χ0) is 16.9. The molecule has 1 N–H and O–H groups in total. The van der Waals surface area contributed by atoms with Crippen molar-refractivity contribution >= 4 is 34.1 Å². The highest BCUT2D eigenvalue weighted by Gasteiger charge is 2.28. The Morgan fingerprint density at radius 3 is 2.62 bits per heavy atom. The molecular formula is C17H22N4OS2. The molecule has 1 aromatic heterocycles. The average molecular weight is 363 g/mol. The van der Waals surface area contributed by atoms with Crippen LogP contribution in [0, 0.1) is 0 Å². The lowest BCUT2D eigenvalue weighted by Gasteiger charge is -2.24. The highest BCUT2D eigenvalue weighted by molar-refractivity contribution is 8.01. The van der Waals surface area contributed by atoms with Gasteiger partial charge in [0.25, 0.3) is 0 Å². The Morgan fingerprint density at radius 2 is 2.00 bits per heavy atom. The highest BCUT2D eigenvalue weighted by atomic mass is 32.2. The maximum absolute atomic E-state index is 13.0. The van der Waals surface area contributed by atoms with Gasteiger partial charge in [-0.1, -0.05) is 53.4 Å². The fourth-order valence-electron chi connectivity index (χ4n) is 2.41. The Labute approximate surface area is 150 Å². The monoisotopic (exact) mass is 362 g/mol. The smallest absolute Gasteiger partial charge is 0.240 e. The van der Waals surface area contributed by atoms with Crippen LogP contribution >= 0.6 is 23.1 Å². The number of hydrogen-bond acceptors (Lipinski definition) is 6. The SMILES string of the molecule is CCN(CC)C(=O)C(Sc1nnc(NC2CC2)s1)c1ccccc1. The van der Waals surface area contributed by atoms with Crippen LogP contribution in [0.2, 0.25) is 0 Å². The molecule has 24 heavy (non-hydrogen) atoms. The molecule has 1 aliphatic carbocycles. The van der Waals surface area contributed by atoms with E-state index in [1.807, 2.05) is 49.1 Å². The summed E-state index contributed by atoms with van der Waals surface area (Å²) in [7, 11) is 0. The van der Waals surface area contributed by atoms with E-state index >= 15 is 0 Å². The first-order valence-corrected chi connectivity index (χ1v) is 10.0. The lowest BCUT2D eigenvalue weighted by Crippen LogP contribution is -2.33. The van der Waals surface area contributed by atoms with Crippen LogP contribution in [-0.4, -0.2) is 40.1 Å². The Balaban J connectivity index is 1.78. The first-order valence-electron chi connectivity index (χ1n) is 8.31. The van der Waals surface area contributed by atoms with E-state index in [9.17, 15) is 4.79 Å². The Bertz CT molecular complexity index is 668. The topological polar surface area (TPSA) is 58.1 Å². The van der Waals surface area contributed by atoms with E-state index in [0.29, 0.717) is 19.1 Å². The Kier molecular flexibility index (Phi) is 5.73. The Morgan fingerprint density at radius 1 is 1.29 bits per heavy atom. The standard InChI is InChI=1S/C17H22N4OS2/c1-3-21(4-2)15(22)14(12-8-6-5-7-9-12)23-17-20-19-16(24-17)18-13-10-11-13/h5-9,13-14H,3-4,10-11H2,1-2H3,(H,18,19). The predicted molar refractivity (Wildman–Crippen MR) is 99.5 cm³/mol. The second-order valence-electron chi connectivity index (χ2n) is 5.71. The Hall–Kier alpha value is -1.60. The quantitative estimate of drug-likeness (QED) is 0.724. The zero-order valence-corrected chi connectivity index (χ0v) is 15.6. The number of likely N-dealkylation sites (N-methyl/N-ethyl adjacent to an activating group) is 1. The van der Waals surface area contributed by atoms with Gasteiger partial charge in [0, 0.05) is 19.1 Å².